The Bertz CT molecular complexity index is 1160. The molecule has 1 heterocycles. The van der Waals surface area contributed by atoms with E-state index >= 15 is 0 Å². The summed E-state index contributed by atoms with van der Waals surface area (Å²) < 4.78 is 0.999. The molecule has 1 aromatic heterocycles. The molecule has 0 aliphatic heterocycles. The lowest BCUT2D eigenvalue weighted by molar-refractivity contribution is 0.965. The number of benzene rings is 3. The molecule has 0 fully saturated rings. The summed E-state index contributed by atoms with van der Waals surface area (Å²) in [5.41, 5.74) is 8.65. The fraction of sp³-hybridized carbons (Fsp3) is 0.0870. The van der Waals surface area contributed by atoms with Gasteiger partial charge in [-0.15, -0.1) is 0 Å². The van der Waals surface area contributed by atoms with Crippen molar-refractivity contribution in [3.8, 4) is 0 Å². The molecule has 3 heteroatoms. The average molecular weight is 355 g/mol. The van der Waals surface area contributed by atoms with Gasteiger partial charge in [0.2, 0.25) is 0 Å². The number of rotatable bonds is 1. The quantitative estimate of drug-likeness (QED) is 0.495. The summed E-state index contributed by atoms with van der Waals surface area (Å²) in [6, 6.07) is 23.5. The summed E-state index contributed by atoms with van der Waals surface area (Å²) in [5, 5.41) is 0. The number of fused-ring (bicyclic) bond motifs is 3. The second kappa shape index (κ2) is 6.11. The first-order chi connectivity index (χ1) is 12.8. The predicted octanol–water partition coefficient (Wildman–Crippen LogP) is 5.28. The number of thiazole rings is 1. The van der Waals surface area contributed by atoms with Crippen LogP contribution in [0.15, 0.2) is 71.5 Å². The highest BCUT2D eigenvalue weighted by Gasteiger charge is 2.17. The minimum absolute atomic E-state index is 0.00467. The van der Waals surface area contributed by atoms with Gasteiger partial charge in [0.05, 0.1) is 10.2 Å². The van der Waals surface area contributed by atoms with Gasteiger partial charge in [0, 0.05) is 0 Å². The van der Waals surface area contributed by atoms with Crippen LogP contribution in [0.5, 0.6) is 0 Å². The molecule has 0 saturated heterocycles. The Morgan fingerprint density at radius 1 is 0.846 bits per heavy atom. The first-order valence-corrected chi connectivity index (χ1v) is 9.61. The zero-order valence-electron chi connectivity index (χ0n) is 14.2. The van der Waals surface area contributed by atoms with Crippen LogP contribution in [0.1, 0.15) is 27.8 Å². The Kier molecular flexibility index (Phi) is 3.61. The molecule has 0 unspecified atom stereocenters. The molecule has 2 nitrogen and oxygen atoms in total. The Labute approximate surface area is 155 Å². The van der Waals surface area contributed by atoms with Gasteiger partial charge in [-0.05, 0) is 64.4 Å². The molecular formula is C23H17NOS. The van der Waals surface area contributed by atoms with Crippen LogP contribution in [0.25, 0.3) is 21.9 Å². The molecule has 5 rings (SSSR count). The maximum atomic E-state index is 11.6. The molecular weight excluding hydrogens is 338 g/mol. The van der Waals surface area contributed by atoms with Gasteiger partial charge in [-0.3, -0.25) is 4.79 Å². The van der Waals surface area contributed by atoms with Gasteiger partial charge in [0.15, 0.2) is 0 Å². The highest BCUT2D eigenvalue weighted by molar-refractivity contribution is 7.16. The van der Waals surface area contributed by atoms with E-state index in [9.17, 15) is 4.79 Å². The molecule has 0 bridgehead atoms. The largest absolute Gasteiger partial charge is 0.312 e. The number of H-pyrrole nitrogens is 1. The van der Waals surface area contributed by atoms with Gasteiger partial charge in [0.25, 0.3) is 0 Å². The van der Waals surface area contributed by atoms with Crippen molar-refractivity contribution in [1.29, 1.82) is 0 Å². The topological polar surface area (TPSA) is 32.9 Å². The summed E-state index contributed by atoms with van der Waals surface area (Å²) in [4.78, 5) is 14.5. The van der Waals surface area contributed by atoms with E-state index in [0.29, 0.717) is 0 Å². The maximum Gasteiger partial charge on any atom is 0.305 e. The van der Waals surface area contributed by atoms with E-state index in [0.717, 1.165) is 28.6 Å². The van der Waals surface area contributed by atoms with Crippen molar-refractivity contribution in [3.05, 3.63) is 104 Å². The molecule has 0 spiro atoms. The van der Waals surface area contributed by atoms with Gasteiger partial charge in [-0.1, -0.05) is 65.9 Å². The molecule has 1 aliphatic rings. The number of nitrogens with one attached hydrogen (secondary N) is 1. The number of aryl methyl sites for hydroxylation is 2. The second-order valence-electron chi connectivity index (χ2n) is 6.64. The van der Waals surface area contributed by atoms with Gasteiger partial charge in [0.1, 0.15) is 0 Å². The van der Waals surface area contributed by atoms with Crippen molar-refractivity contribution in [2.75, 3.05) is 0 Å². The first-order valence-electron chi connectivity index (χ1n) is 8.79. The van der Waals surface area contributed by atoms with E-state index < -0.39 is 0 Å². The van der Waals surface area contributed by atoms with E-state index in [4.69, 9.17) is 0 Å². The van der Waals surface area contributed by atoms with E-state index in [1.54, 1.807) is 0 Å². The van der Waals surface area contributed by atoms with Gasteiger partial charge < -0.3 is 4.98 Å². The van der Waals surface area contributed by atoms with Crippen LogP contribution < -0.4 is 4.87 Å². The monoisotopic (exact) mass is 355 g/mol. The van der Waals surface area contributed by atoms with Gasteiger partial charge in [-0.2, -0.15) is 0 Å². The van der Waals surface area contributed by atoms with Gasteiger partial charge in [-0.25, -0.2) is 0 Å². The minimum Gasteiger partial charge on any atom is -0.312 e. The normalized spacial score (nSPS) is 13.2. The molecule has 0 saturated carbocycles. The van der Waals surface area contributed by atoms with Crippen molar-refractivity contribution in [2.45, 2.75) is 12.8 Å². The number of hydrogen-bond acceptors (Lipinski definition) is 2. The zero-order chi connectivity index (χ0) is 17.5. The van der Waals surface area contributed by atoms with E-state index in [1.807, 2.05) is 6.07 Å². The maximum absolute atomic E-state index is 11.6. The zero-order valence-corrected chi connectivity index (χ0v) is 15.0. The third kappa shape index (κ3) is 2.61. The molecule has 0 atom stereocenters. The lowest BCUT2D eigenvalue weighted by Crippen LogP contribution is -1.92. The SMILES string of the molecule is O=c1[nH]c2cc(C=C3c4ccccc4CCc4ccccc43)ccc2s1. The lowest BCUT2D eigenvalue weighted by Gasteiger charge is -2.12. The van der Waals surface area contributed by atoms with Crippen LogP contribution in [0.3, 0.4) is 0 Å². The molecule has 0 amide bonds. The number of aromatic nitrogens is 1. The van der Waals surface area contributed by atoms with Crippen molar-refractivity contribution in [2.24, 2.45) is 0 Å². The van der Waals surface area contributed by atoms with E-state index in [2.05, 4.69) is 71.7 Å². The molecule has 0 radical (unpaired) electrons. The van der Waals surface area contributed by atoms with Crippen LogP contribution in [-0.4, -0.2) is 4.98 Å². The fourth-order valence-electron chi connectivity index (χ4n) is 3.80. The van der Waals surface area contributed by atoms with Crippen LogP contribution in [0.4, 0.5) is 0 Å². The summed E-state index contributed by atoms with van der Waals surface area (Å²) in [7, 11) is 0. The molecule has 126 valence electrons. The average Bonchev–Trinajstić information content (AvgIpc) is 2.96. The van der Waals surface area contributed by atoms with Crippen molar-refractivity contribution >= 4 is 33.2 Å². The standard InChI is InChI=1S/C23H17NOS/c25-23-24-21-14-15(9-12-22(21)26-23)13-20-18-7-3-1-5-16(18)10-11-17-6-2-4-8-19(17)20/h1-9,12-14H,10-11H2,(H,24,25). The highest BCUT2D eigenvalue weighted by atomic mass is 32.1. The summed E-state index contributed by atoms with van der Waals surface area (Å²) >= 11 is 1.26. The highest BCUT2D eigenvalue weighted by Crippen LogP contribution is 2.35. The third-order valence-corrected chi connectivity index (χ3v) is 5.90. The predicted molar refractivity (Wildman–Crippen MR) is 110 cm³/mol. The molecule has 3 aromatic carbocycles. The first kappa shape index (κ1) is 15.4. The molecule has 4 aromatic rings. The molecule has 1 N–H and O–H groups in total. The fourth-order valence-corrected chi connectivity index (χ4v) is 4.51. The Morgan fingerprint density at radius 2 is 1.50 bits per heavy atom. The number of aromatic amines is 1. The van der Waals surface area contributed by atoms with Crippen molar-refractivity contribution in [1.82, 2.24) is 4.98 Å². The van der Waals surface area contributed by atoms with Crippen LogP contribution >= 0.6 is 11.3 Å². The Morgan fingerprint density at radius 3 is 2.19 bits per heavy atom. The van der Waals surface area contributed by atoms with Gasteiger partial charge >= 0.3 is 4.87 Å². The molecule has 26 heavy (non-hydrogen) atoms. The van der Waals surface area contributed by atoms with E-state index in [1.165, 1.54) is 39.2 Å². The van der Waals surface area contributed by atoms with Crippen molar-refractivity contribution in [3.63, 3.8) is 0 Å². The van der Waals surface area contributed by atoms with E-state index in [-0.39, 0.29) is 4.87 Å². The summed E-state index contributed by atoms with van der Waals surface area (Å²) in [6.07, 6.45) is 4.36. The van der Waals surface area contributed by atoms with Crippen LogP contribution in [-0.2, 0) is 12.8 Å². The summed E-state index contributed by atoms with van der Waals surface area (Å²) in [5.74, 6) is 0. The summed E-state index contributed by atoms with van der Waals surface area (Å²) in [6.45, 7) is 0. The lowest BCUT2D eigenvalue weighted by atomic mass is 9.92. The van der Waals surface area contributed by atoms with Crippen LogP contribution in [0.2, 0.25) is 0 Å². The number of hydrogen-bond donors (Lipinski definition) is 1. The molecule has 1 aliphatic carbocycles. The van der Waals surface area contributed by atoms with Crippen molar-refractivity contribution < 1.29 is 0 Å². The Balaban J connectivity index is 1.75. The third-order valence-electron chi connectivity index (χ3n) is 5.03. The second-order valence-corrected chi connectivity index (χ2v) is 7.66. The smallest absolute Gasteiger partial charge is 0.305 e. The minimum atomic E-state index is -0.00467. The Hall–Kier alpha value is -2.91. The van der Waals surface area contributed by atoms with Crippen LogP contribution in [0, 0.1) is 0 Å².